The Bertz CT molecular complexity index is 4450. The zero-order valence-electron chi connectivity index (χ0n) is 91.3. The topological polar surface area (TPSA) is 0 Å². The summed E-state index contributed by atoms with van der Waals surface area (Å²) in [5.41, 5.74) is 32.8. The third-order valence-corrected chi connectivity index (χ3v) is 15.6. The van der Waals surface area contributed by atoms with Gasteiger partial charge in [-0.2, -0.15) is 296 Å². The van der Waals surface area contributed by atoms with Crippen molar-refractivity contribution in [1.29, 1.82) is 0 Å². The molecule has 14 aromatic rings. The summed E-state index contributed by atoms with van der Waals surface area (Å²) in [5, 5.41) is 0. The largest absolute Gasteiger partial charge is 0.226 e. The van der Waals surface area contributed by atoms with Gasteiger partial charge in [0.2, 0.25) is 0 Å². The molecule has 0 aliphatic carbocycles. The SMILES string of the molecule is CC.CC.CC.CC.CC.CC.CC.CC.CC.CC.CC.CC.CC.CC.Cc1[c-]c(-c2[c-]cc(C)cc2)ccc1.Cc1[c-]c(-c2[c-]ccc(C)c2)ccc1.Cc1[c-]c(-c2[c-]ccc(C)c2)ccc1.Cc1[c-]c(-c2[c-]cccc2C)ccc1.Cc1c[c-]c(-c2[c-]cc(C)cc2)cc1.Cc1c[c-]c(-c2[c-]ccc(C)c2)cc1.Cc1c[c-]c(-c2[c-]cccc2C)cc1.[Y].[Y].[Y].[Y].[Y].[Y].[Y]. The number of hydrogen-bond donors (Lipinski definition) is 0. The van der Waals surface area contributed by atoms with Crippen LogP contribution in [0.15, 0.2) is 255 Å². The molecule has 0 saturated carbocycles. The average molecular weight is 2310 g/mol. The molecule has 0 atom stereocenters. The van der Waals surface area contributed by atoms with Gasteiger partial charge in [-0.15, -0.1) is 121 Å². The third-order valence-electron chi connectivity index (χ3n) is 15.6. The van der Waals surface area contributed by atoms with E-state index in [0.29, 0.717) is 0 Å². The number of benzene rings is 14. The van der Waals surface area contributed by atoms with Crippen LogP contribution < -0.4 is 0 Å². The molecule has 0 aromatic heterocycles. The minimum atomic E-state index is 0. The Morgan fingerprint density at radius 2 is 0.338 bits per heavy atom. The summed E-state index contributed by atoms with van der Waals surface area (Å²) in [6.45, 7) is 85.0. The maximum atomic E-state index is 3.33. The van der Waals surface area contributed by atoms with E-state index in [1.807, 2.05) is 267 Å². The van der Waals surface area contributed by atoms with Crippen molar-refractivity contribution in [3.8, 4) is 77.9 Å². The molecule has 0 N–H and O–H groups in total. The first-order valence-corrected chi connectivity index (χ1v) is 47.1. The Labute approximate surface area is 1000 Å². The summed E-state index contributed by atoms with van der Waals surface area (Å²) in [5.74, 6) is 0. The third kappa shape index (κ3) is 74.4. The Kier molecular flexibility index (Phi) is 136. The molecule has 0 saturated heterocycles. The molecule has 0 bridgehead atoms. The second-order valence-electron chi connectivity index (χ2n) is 24.7. The minimum Gasteiger partial charge on any atom is -0.226 e. The van der Waals surface area contributed by atoms with Gasteiger partial charge in [0.15, 0.2) is 0 Å². The molecule has 0 nitrogen and oxygen atoms in total. The van der Waals surface area contributed by atoms with Crippen LogP contribution in [0.2, 0.25) is 0 Å². The number of rotatable bonds is 7. The first kappa shape index (κ1) is 161. The van der Waals surface area contributed by atoms with E-state index >= 15 is 0 Å². The maximum Gasteiger partial charge on any atom is 0 e. The van der Waals surface area contributed by atoms with Crippen LogP contribution in [0.4, 0.5) is 0 Å². The van der Waals surface area contributed by atoms with Gasteiger partial charge in [0.1, 0.15) is 0 Å². The second-order valence-corrected chi connectivity index (χ2v) is 24.7. The molecule has 0 unspecified atom stereocenters. The summed E-state index contributed by atoms with van der Waals surface area (Å²) in [7, 11) is 0. The molecule has 0 fully saturated rings. The molecule has 7 heteroatoms. The first-order chi connectivity index (χ1) is 61.3. The molecule has 707 valence electrons. The van der Waals surface area contributed by atoms with Gasteiger partial charge in [0.05, 0.1) is 0 Å². The summed E-state index contributed by atoms with van der Waals surface area (Å²) in [6.07, 6.45) is 0. The molecule has 0 heterocycles. The van der Waals surface area contributed by atoms with Gasteiger partial charge in [0.25, 0.3) is 0 Å². The molecular formula is C126H168Y7-14. The monoisotopic (exact) mass is 2300 g/mol. The molecule has 133 heavy (non-hydrogen) atoms. The van der Waals surface area contributed by atoms with Crippen LogP contribution in [-0.4, -0.2) is 0 Å². The molecule has 14 aromatic carbocycles. The molecule has 0 spiro atoms. The normalized spacial score (nSPS) is 8.11. The molecule has 14 rings (SSSR count). The smallest absolute Gasteiger partial charge is 0 e. The number of aryl methyl sites for hydroxylation is 14. The van der Waals surface area contributed by atoms with E-state index in [1.165, 1.54) is 61.2 Å². The summed E-state index contributed by atoms with van der Waals surface area (Å²) in [6, 6.07) is 132. The fourth-order valence-corrected chi connectivity index (χ4v) is 10.1. The van der Waals surface area contributed by atoms with Gasteiger partial charge < -0.3 is 0 Å². The van der Waals surface area contributed by atoms with Crippen molar-refractivity contribution in [2.75, 3.05) is 0 Å². The van der Waals surface area contributed by atoms with Crippen LogP contribution in [0, 0.1) is 182 Å². The van der Waals surface area contributed by atoms with E-state index in [9.17, 15) is 0 Å². The Balaban J connectivity index is -0.0000000981. The standard InChI is InChI=1S/7C14H12.14C2H6.7Y/c1-11-3-7-13(8-4-11)14-9-5-12(2)6-10-14;2*1-11-5-3-7-13(9-11)14-8-4-6-12(2)10-14;1-11-6-5-8-13(10-11)14-9-4-3-7-12(14)2;2*1-11-6-8-13(9-7-11)14-5-3-4-12(2)10-14;1-11-7-9-13(10-8-11)14-6-4-3-5-12(14)2;14*1-2;;;;;;;/h3-7,9H,1-2H3;2*3-7,10H,1-2H3;3-8H,1-2H3;3-4,6-8,10H,1-2H3;3-8H,1-2H3;3-5,7-9H,1-2H3;14*1-2H3;;;;;;;/q7*-2;;;;;;;;;;;;;;;;;;;;;. The zero-order chi connectivity index (χ0) is 97.8. The Morgan fingerprint density at radius 1 is 0.143 bits per heavy atom. The Morgan fingerprint density at radius 3 is 0.556 bits per heavy atom. The van der Waals surface area contributed by atoms with Gasteiger partial charge >= 0.3 is 0 Å². The van der Waals surface area contributed by atoms with Gasteiger partial charge in [-0.1, -0.05) is 291 Å². The molecule has 0 aliphatic heterocycles. The average Bonchev–Trinajstić information content (AvgIpc) is 0.836. The van der Waals surface area contributed by atoms with Crippen molar-refractivity contribution in [3.05, 3.63) is 418 Å². The minimum absolute atomic E-state index is 0. The predicted octanol–water partition coefficient (Wildman–Crippen LogP) is 39.3. The van der Waals surface area contributed by atoms with E-state index in [4.69, 9.17) is 0 Å². The molecular weight excluding hydrogens is 2140 g/mol. The van der Waals surface area contributed by atoms with Gasteiger partial charge in [-0.3, -0.25) is 0 Å². The summed E-state index contributed by atoms with van der Waals surface area (Å²) in [4.78, 5) is 0. The van der Waals surface area contributed by atoms with Crippen LogP contribution in [0.1, 0.15) is 272 Å². The first-order valence-electron chi connectivity index (χ1n) is 47.1. The van der Waals surface area contributed by atoms with E-state index in [2.05, 4.69) is 364 Å². The molecule has 0 amide bonds. The fourth-order valence-electron chi connectivity index (χ4n) is 10.1. The van der Waals surface area contributed by atoms with Crippen molar-refractivity contribution in [2.24, 2.45) is 0 Å². The van der Waals surface area contributed by atoms with E-state index in [1.54, 1.807) is 0 Å². The van der Waals surface area contributed by atoms with Crippen LogP contribution in [-0.2, 0) is 229 Å². The van der Waals surface area contributed by atoms with Gasteiger partial charge in [-0.05, 0) is 0 Å². The van der Waals surface area contributed by atoms with E-state index < -0.39 is 0 Å². The van der Waals surface area contributed by atoms with Gasteiger partial charge in [0, 0.05) is 229 Å². The second kappa shape index (κ2) is 112. The predicted molar refractivity (Wildman–Crippen MR) is 572 cm³/mol. The van der Waals surface area contributed by atoms with E-state index in [0.717, 1.165) is 94.6 Å². The van der Waals surface area contributed by atoms with Crippen LogP contribution in [0.5, 0.6) is 0 Å². The number of hydrogen-bond acceptors (Lipinski definition) is 0. The van der Waals surface area contributed by atoms with Crippen molar-refractivity contribution in [2.45, 2.75) is 291 Å². The quantitative estimate of drug-likeness (QED) is 0.140. The van der Waals surface area contributed by atoms with E-state index in [-0.39, 0.29) is 229 Å². The fraction of sp³-hybridized carbons (Fsp3) is 0.333. The summed E-state index contributed by atoms with van der Waals surface area (Å²) < 4.78 is 0. The Hall–Kier alpha value is -3.19. The maximum absolute atomic E-state index is 3.33. The van der Waals surface area contributed by atoms with Crippen LogP contribution in [0.25, 0.3) is 77.9 Å². The molecule has 0 aliphatic rings. The molecule has 7 radical (unpaired) electrons. The zero-order valence-corrected chi connectivity index (χ0v) is 111. The van der Waals surface area contributed by atoms with Crippen molar-refractivity contribution in [3.63, 3.8) is 0 Å². The van der Waals surface area contributed by atoms with Crippen molar-refractivity contribution in [1.82, 2.24) is 0 Å². The van der Waals surface area contributed by atoms with Gasteiger partial charge in [-0.25, -0.2) is 77.9 Å². The van der Waals surface area contributed by atoms with Crippen molar-refractivity contribution >= 4 is 0 Å². The van der Waals surface area contributed by atoms with Crippen LogP contribution >= 0.6 is 0 Å². The van der Waals surface area contributed by atoms with Crippen LogP contribution in [0.3, 0.4) is 0 Å². The van der Waals surface area contributed by atoms with Crippen molar-refractivity contribution < 1.29 is 229 Å². The summed E-state index contributed by atoms with van der Waals surface area (Å²) >= 11 is 0.